The molecule has 1 N–H and O–H groups in total. The SMILES string of the molecule is CCCNC(C)c1ccnc(-n2cnc3ccccc32)c1. The van der Waals surface area contributed by atoms with Gasteiger partial charge in [-0.1, -0.05) is 19.1 Å². The van der Waals surface area contributed by atoms with Gasteiger partial charge in [0.2, 0.25) is 0 Å². The summed E-state index contributed by atoms with van der Waals surface area (Å²) < 4.78 is 2.03. The molecule has 0 saturated heterocycles. The van der Waals surface area contributed by atoms with Gasteiger partial charge in [0.25, 0.3) is 0 Å². The highest BCUT2D eigenvalue weighted by Crippen LogP contribution is 2.19. The Hall–Kier alpha value is -2.20. The molecule has 4 heteroatoms. The second kappa shape index (κ2) is 6.06. The molecule has 0 fully saturated rings. The predicted octanol–water partition coefficient (Wildman–Crippen LogP) is 3.48. The maximum atomic E-state index is 4.49. The summed E-state index contributed by atoms with van der Waals surface area (Å²) in [5.74, 6) is 0.909. The molecule has 0 bridgehead atoms. The van der Waals surface area contributed by atoms with Gasteiger partial charge in [-0.2, -0.15) is 0 Å². The van der Waals surface area contributed by atoms with Crippen molar-refractivity contribution in [1.82, 2.24) is 19.9 Å². The number of nitrogens with zero attached hydrogens (tertiary/aromatic N) is 3. The molecule has 4 nitrogen and oxygen atoms in total. The van der Waals surface area contributed by atoms with Crippen LogP contribution in [0, 0.1) is 0 Å². The van der Waals surface area contributed by atoms with Crippen molar-refractivity contribution in [3.8, 4) is 5.82 Å². The lowest BCUT2D eigenvalue weighted by atomic mass is 10.1. The molecule has 1 atom stereocenters. The van der Waals surface area contributed by atoms with Crippen molar-refractivity contribution in [2.75, 3.05) is 6.54 Å². The Bertz CT molecular complexity index is 732. The average molecular weight is 280 g/mol. The molecule has 0 aliphatic carbocycles. The fourth-order valence-electron chi connectivity index (χ4n) is 2.46. The molecule has 0 radical (unpaired) electrons. The summed E-state index contributed by atoms with van der Waals surface area (Å²) in [5, 5.41) is 3.51. The van der Waals surface area contributed by atoms with Gasteiger partial charge in [-0.25, -0.2) is 9.97 Å². The zero-order valence-corrected chi connectivity index (χ0v) is 12.5. The first-order valence-corrected chi connectivity index (χ1v) is 7.41. The summed E-state index contributed by atoms with van der Waals surface area (Å²) >= 11 is 0. The Labute approximate surface area is 124 Å². The van der Waals surface area contributed by atoms with E-state index in [-0.39, 0.29) is 0 Å². The summed E-state index contributed by atoms with van der Waals surface area (Å²) in [7, 11) is 0. The fraction of sp³-hybridized carbons (Fsp3) is 0.294. The molecule has 3 rings (SSSR count). The quantitative estimate of drug-likeness (QED) is 0.778. The lowest BCUT2D eigenvalue weighted by Crippen LogP contribution is -2.19. The number of hydrogen-bond donors (Lipinski definition) is 1. The number of fused-ring (bicyclic) bond motifs is 1. The number of imidazole rings is 1. The molecule has 0 aliphatic rings. The van der Waals surface area contributed by atoms with Crippen LogP contribution in [0.5, 0.6) is 0 Å². The molecule has 2 heterocycles. The minimum absolute atomic E-state index is 0.321. The molecule has 3 aromatic rings. The monoisotopic (exact) mass is 280 g/mol. The average Bonchev–Trinajstić information content (AvgIpc) is 2.97. The van der Waals surface area contributed by atoms with Gasteiger partial charge in [-0.3, -0.25) is 4.57 Å². The lowest BCUT2D eigenvalue weighted by molar-refractivity contribution is 0.570. The molecule has 2 aromatic heterocycles. The highest BCUT2D eigenvalue weighted by molar-refractivity contribution is 5.76. The Kier molecular flexibility index (Phi) is 3.97. The third-order valence-electron chi connectivity index (χ3n) is 3.67. The predicted molar refractivity (Wildman–Crippen MR) is 85.6 cm³/mol. The van der Waals surface area contributed by atoms with Crippen molar-refractivity contribution in [1.29, 1.82) is 0 Å². The Morgan fingerprint density at radius 3 is 2.90 bits per heavy atom. The van der Waals surface area contributed by atoms with Crippen LogP contribution < -0.4 is 5.32 Å². The number of para-hydroxylation sites is 2. The normalized spacial score (nSPS) is 12.7. The van der Waals surface area contributed by atoms with E-state index in [4.69, 9.17) is 0 Å². The fourth-order valence-corrected chi connectivity index (χ4v) is 2.46. The second-order valence-corrected chi connectivity index (χ2v) is 5.23. The van der Waals surface area contributed by atoms with Crippen LogP contribution in [0.2, 0.25) is 0 Å². The number of rotatable bonds is 5. The van der Waals surface area contributed by atoms with Gasteiger partial charge >= 0.3 is 0 Å². The summed E-state index contributed by atoms with van der Waals surface area (Å²) in [6.45, 7) is 5.38. The number of pyridine rings is 1. The van der Waals surface area contributed by atoms with Gasteiger partial charge in [0.05, 0.1) is 11.0 Å². The highest BCUT2D eigenvalue weighted by Gasteiger charge is 2.09. The van der Waals surface area contributed by atoms with E-state index in [0.29, 0.717) is 6.04 Å². The lowest BCUT2D eigenvalue weighted by Gasteiger charge is -2.14. The van der Waals surface area contributed by atoms with Gasteiger partial charge in [-0.05, 0) is 49.7 Å². The van der Waals surface area contributed by atoms with Gasteiger partial charge in [0, 0.05) is 12.2 Å². The van der Waals surface area contributed by atoms with E-state index in [1.165, 1.54) is 5.56 Å². The largest absolute Gasteiger partial charge is 0.310 e. The molecule has 1 aromatic carbocycles. The number of hydrogen-bond acceptors (Lipinski definition) is 3. The van der Waals surface area contributed by atoms with Crippen molar-refractivity contribution >= 4 is 11.0 Å². The van der Waals surface area contributed by atoms with Crippen molar-refractivity contribution in [3.05, 3.63) is 54.5 Å². The molecule has 0 saturated carbocycles. The summed E-state index contributed by atoms with van der Waals surface area (Å²) in [6.07, 6.45) is 4.83. The van der Waals surface area contributed by atoms with E-state index in [9.17, 15) is 0 Å². The molecule has 108 valence electrons. The molecule has 1 unspecified atom stereocenters. The molecular formula is C17H20N4. The first-order chi connectivity index (χ1) is 10.3. The van der Waals surface area contributed by atoms with E-state index >= 15 is 0 Å². The first-order valence-electron chi connectivity index (χ1n) is 7.41. The zero-order valence-electron chi connectivity index (χ0n) is 12.5. The number of nitrogens with one attached hydrogen (secondary N) is 1. The standard InChI is InChI=1S/C17H20N4/c1-3-9-18-13(2)14-8-10-19-17(11-14)21-12-20-15-6-4-5-7-16(15)21/h4-8,10-13,18H,3,9H2,1-2H3. The van der Waals surface area contributed by atoms with Crippen molar-refractivity contribution < 1.29 is 0 Å². The summed E-state index contributed by atoms with van der Waals surface area (Å²) in [5.41, 5.74) is 3.31. The van der Waals surface area contributed by atoms with Crippen LogP contribution >= 0.6 is 0 Å². The second-order valence-electron chi connectivity index (χ2n) is 5.23. The molecule has 21 heavy (non-hydrogen) atoms. The summed E-state index contributed by atoms with van der Waals surface area (Å²) in [4.78, 5) is 8.92. The molecule has 0 spiro atoms. The minimum Gasteiger partial charge on any atom is -0.310 e. The van der Waals surface area contributed by atoms with Gasteiger partial charge in [-0.15, -0.1) is 0 Å². The van der Waals surface area contributed by atoms with E-state index in [1.807, 2.05) is 35.3 Å². The van der Waals surface area contributed by atoms with Crippen LogP contribution in [0.4, 0.5) is 0 Å². The van der Waals surface area contributed by atoms with Gasteiger partial charge < -0.3 is 5.32 Å². The van der Waals surface area contributed by atoms with Crippen LogP contribution in [0.1, 0.15) is 31.9 Å². The number of benzene rings is 1. The Morgan fingerprint density at radius 1 is 1.19 bits per heavy atom. The van der Waals surface area contributed by atoms with Crippen LogP contribution in [-0.4, -0.2) is 21.1 Å². The van der Waals surface area contributed by atoms with Gasteiger partial charge in [0.15, 0.2) is 0 Å². The first kappa shape index (κ1) is 13.8. The van der Waals surface area contributed by atoms with Crippen molar-refractivity contribution in [2.24, 2.45) is 0 Å². The smallest absolute Gasteiger partial charge is 0.138 e. The molecule has 0 aliphatic heterocycles. The van der Waals surface area contributed by atoms with Crippen molar-refractivity contribution in [3.63, 3.8) is 0 Å². The maximum Gasteiger partial charge on any atom is 0.138 e. The van der Waals surface area contributed by atoms with Gasteiger partial charge in [0.1, 0.15) is 12.1 Å². The highest BCUT2D eigenvalue weighted by atomic mass is 15.1. The Morgan fingerprint density at radius 2 is 2.05 bits per heavy atom. The zero-order chi connectivity index (χ0) is 14.7. The topological polar surface area (TPSA) is 42.7 Å². The summed E-state index contributed by atoms with van der Waals surface area (Å²) in [6, 6.07) is 12.6. The van der Waals surface area contributed by atoms with Crippen LogP contribution in [0.25, 0.3) is 16.9 Å². The third-order valence-corrected chi connectivity index (χ3v) is 3.67. The van der Waals surface area contributed by atoms with E-state index in [1.54, 1.807) is 0 Å². The van der Waals surface area contributed by atoms with E-state index in [2.05, 4.69) is 47.3 Å². The van der Waals surface area contributed by atoms with Crippen LogP contribution in [0.15, 0.2) is 48.9 Å². The van der Waals surface area contributed by atoms with Crippen LogP contribution in [0.3, 0.4) is 0 Å². The van der Waals surface area contributed by atoms with Crippen molar-refractivity contribution in [2.45, 2.75) is 26.3 Å². The van der Waals surface area contributed by atoms with E-state index in [0.717, 1.165) is 29.8 Å². The number of aromatic nitrogens is 3. The molecule has 0 amide bonds. The minimum atomic E-state index is 0.321. The maximum absolute atomic E-state index is 4.49. The third kappa shape index (κ3) is 2.81. The van der Waals surface area contributed by atoms with Crippen LogP contribution in [-0.2, 0) is 0 Å². The Balaban J connectivity index is 1.96. The molecular weight excluding hydrogens is 260 g/mol. The van der Waals surface area contributed by atoms with E-state index < -0.39 is 0 Å².